The van der Waals surface area contributed by atoms with Crippen molar-refractivity contribution in [1.82, 2.24) is 29.9 Å². The van der Waals surface area contributed by atoms with E-state index in [4.69, 9.17) is 11.6 Å². The summed E-state index contributed by atoms with van der Waals surface area (Å²) < 4.78 is 0. The molecular weight excluding hydrogens is 284 g/mol. The third kappa shape index (κ3) is 2.66. The molecule has 3 aromatic rings. The van der Waals surface area contributed by atoms with E-state index in [-0.39, 0.29) is 0 Å². The molecule has 0 aliphatic carbocycles. The van der Waals surface area contributed by atoms with Crippen LogP contribution in [0, 0.1) is 6.92 Å². The van der Waals surface area contributed by atoms with Crippen LogP contribution in [0.2, 0.25) is 5.15 Å². The summed E-state index contributed by atoms with van der Waals surface area (Å²) in [4.78, 5) is 23.9. The highest BCUT2D eigenvalue weighted by Crippen LogP contribution is 2.24. The fourth-order valence-corrected chi connectivity index (χ4v) is 2.71. The van der Waals surface area contributed by atoms with Crippen LogP contribution in [0.1, 0.15) is 11.5 Å². The van der Waals surface area contributed by atoms with Crippen LogP contribution >= 0.6 is 23.4 Å². The molecule has 0 aliphatic rings. The fourth-order valence-electron chi connectivity index (χ4n) is 1.64. The lowest BCUT2D eigenvalue weighted by Crippen LogP contribution is -1.96. The summed E-state index contributed by atoms with van der Waals surface area (Å²) in [5.74, 6) is 1.27. The first-order valence-corrected chi connectivity index (χ1v) is 6.85. The molecule has 0 unspecified atom stereocenters. The maximum absolute atomic E-state index is 5.91. The van der Waals surface area contributed by atoms with Gasteiger partial charge in [0, 0.05) is 5.69 Å². The van der Waals surface area contributed by atoms with Crippen LogP contribution in [0.5, 0.6) is 0 Å². The predicted octanol–water partition coefficient (Wildman–Crippen LogP) is 2.40. The number of nitrogens with one attached hydrogen (secondary N) is 1. The number of fused-ring (bicyclic) bond motifs is 1. The molecule has 0 fully saturated rings. The number of aryl methyl sites for hydroxylation is 1. The molecule has 0 spiro atoms. The average molecular weight is 293 g/mol. The molecule has 0 amide bonds. The molecule has 0 aliphatic heterocycles. The summed E-state index contributed by atoms with van der Waals surface area (Å²) in [7, 11) is 0. The molecule has 1 N–H and O–H groups in total. The lowest BCUT2D eigenvalue weighted by atomic mass is 10.4. The van der Waals surface area contributed by atoms with E-state index >= 15 is 0 Å². The Morgan fingerprint density at radius 2 is 2.16 bits per heavy atom. The zero-order valence-electron chi connectivity index (χ0n) is 9.96. The lowest BCUT2D eigenvalue weighted by molar-refractivity contribution is 0.991. The molecule has 0 atom stereocenters. The molecule has 3 heterocycles. The minimum absolute atomic E-state index is 0.456. The number of thioether (sulfide) groups is 1. The Balaban J connectivity index is 1.84. The molecule has 96 valence electrons. The Bertz CT molecular complexity index is 708. The summed E-state index contributed by atoms with van der Waals surface area (Å²) in [6.45, 7) is 1.89. The number of nitrogens with zero attached hydrogens (tertiary/aromatic N) is 5. The van der Waals surface area contributed by atoms with E-state index in [0.29, 0.717) is 22.4 Å². The van der Waals surface area contributed by atoms with Crippen LogP contribution in [-0.4, -0.2) is 29.9 Å². The topological polar surface area (TPSA) is 80.2 Å². The van der Waals surface area contributed by atoms with Gasteiger partial charge in [-0.2, -0.15) is 0 Å². The van der Waals surface area contributed by atoms with Gasteiger partial charge in [-0.05, 0) is 13.0 Å². The summed E-state index contributed by atoms with van der Waals surface area (Å²) in [6, 6.07) is 1.73. The van der Waals surface area contributed by atoms with Crippen LogP contribution in [0.3, 0.4) is 0 Å². The predicted molar refractivity (Wildman–Crippen MR) is 73.0 cm³/mol. The monoisotopic (exact) mass is 292 g/mol. The van der Waals surface area contributed by atoms with E-state index in [0.717, 1.165) is 16.2 Å². The van der Waals surface area contributed by atoms with Gasteiger partial charge in [0.05, 0.1) is 12.1 Å². The van der Waals surface area contributed by atoms with Gasteiger partial charge in [-0.25, -0.2) is 24.9 Å². The van der Waals surface area contributed by atoms with Crippen LogP contribution < -0.4 is 0 Å². The van der Waals surface area contributed by atoms with E-state index in [1.807, 2.05) is 6.92 Å². The van der Waals surface area contributed by atoms with Crippen molar-refractivity contribution in [2.24, 2.45) is 0 Å². The fraction of sp³-hybridized carbons (Fsp3) is 0.182. The smallest absolute Gasteiger partial charge is 0.181 e. The number of hydrogen-bond donors (Lipinski definition) is 1. The second-order valence-corrected chi connectivity index (χ2v) is 5.17. The quantitative estimate of drug-likeness (QED) is 0.590. The lowest BCUT2D eigenvalue weighted by Gasteiger charge is -2.02. The Morgan fingerprint density at radius 3 is 3.00 bits per heavy atom. The van der Waals surface area contributed by atoms with E-state index < -0.39 is 0 Å². The van der Waals surface area contributed by atoms with Crippen molar-refractivity contribution in [3.8, 4) is 0 Å². The van der Waals surface area contributed by atoms with Gasteiger partial charge < -0.3 is 4.98 Å². The average Bonchev–Trinajstić information content (AvgIpc) is 2.83. The zero-order chi connectivity index (χ0) is 13.2. The minimum Gasteiger partial charge on any atom is -0.341 e. The highest BCUT2D eigenvalue weighted by molar-refractivity contribution is 7.98. The number of halogens is 1. The first-order chi connectivity index (χ1) is 9.22. The van der Waals surface area contributed by atoms with Gasteiger partial charge >= 0.3 is 0 Å². The number of aromatic amines is 1. The van der Waals surface area contributed by atoms with Crippen molar-refractivity contribution in [3.05, 3.63) is 35.4 Å². The summed E-state index contributed by atoms with van der Waals surface area (Å²) in [6.07, 6.45) is 3.10. The Labute approximate surface area is 118 Å². The molecule has 19 heavy (non-hydrogen) atoms. The molecule has 0 saturated heterocycles. The Kier molecular flexibility index (Phi) is 3.31. The third-order valence-electron chi connectivity index (χ3n) is 2.40. The van der Waals surface area contributed by atoms with E-state index in [2.05, 4.69) is 29.9 Å². The first kappa shape index (κ1) is 12.3. The van der Waals surface area contributed by atoms with Gasteiger partial charge in [-0.1, -0.05) is 23.4 Å². The highest BCUT2D eigenvalue weighted by Gasteiger charge is 2.08. The highest BCUT2D eigenvalue weighted by atomic mass is 35.5. The summed E-state index contributed by atoms with van der Waals surface area (Å²) in [5.41, 5.74) is 2.33. The van der Waals surface area contributed by atoms with E-state index in [1.165, 1.54) is 18.1 Å². The van der Waals surface area contributed by atoms with Crippen molar-refractivity contribution in [3.63, 3.8) is 0 Å². The Morgan fingerprint density at radius 1 is 1.26 bits per heavy atom. The number of rotatable bonds is 3. The molecule has 0 radical (unpaired) electrons. The standard InChI is InChI=1S/C11H9ClN6S/c1-6-2-7(12)18-8(17-6)3-19-11-9-10(14-4-13-9)15-5-16-11/h2,4-5H,3H2,1H3,(H,13,14,15,16). The zero-order valence-corrected chi connectivity index (χ0v) is 11.5. The molecule has 0 aromatic carbocycles. The molecular formula is C11H9ClN6S. The van der Waals surface area contributed by atoms with Gasteiger partial charge in [0.25, 0.3) is 0 Å². The van der Waals surface area contributed by atoms with Crippen LogP contribution in [-0.2, 0) is 5.75 Å². The van der Waals surface area contributed by atoms with Crippen molar-refractivity contribution in [2.75, 3.05) is 0 Å². The molecule has 0 bridgehead atoms. The second-order valence-electron chi connectivity index (χ2n) is 3.82. The molecule has 0 saturated carbocycles. The normalized spacial score (nSPS) is 11.1. The molecule has 3 rings (SSSR count). The minimum atomic E-state index is 0.456. The van der Waals surface area contributed by atoms with Crippen LogP contribution in [0.15, 0.2) is 23.7 Å². The van der Waals surface area contributed by atoms with Crippen molar-refractivity contribution in [2.45, 2.75) is 17.7 Å². The number of H-pyrrole nitrogens is 1. The van der Waals surface area contributed by atoms with E-state index in [9.17, 15) is 0 Å². The third-order valence-corrected chi connectivity index (χ3v) is 3.57. The van der Waals surface area contributed by atoms with Crippen LogP contribution in [0.25, 0.3) is 11.2 Å². The SMILES string of the molecule is Cc1cc(Cl)nc(CSc2ncnc3nc[nH]c23)n1. The largest absolute Gasteiger partial charge is 0.341 e. The van der Waals surface area contributed by atoms with Crippen molar-refractivity contribution >= 4 is 34.5 Å². The van der Waals surface area contributed by atoms with Gasteiger partial charge in [-0.15, -0.1) is 0 Å². The van der Waals surface area contributed by atoms with Gasteiger partial charge in [0.1, 0.15) is 27.8 Å². The molecule has 3 aromatic heterocycles. The first-order valence-electron chi connectivity index (χ1n) is 5.49. The van der Waals surface area contributed by atoms with Gasteiger partial charge in [0.2, 0.25) is 0 Å². The van der Waals surface area contributed by atoms with E-state index in [1.54, 1.807) is 12.4 Å². The molecule has 8 heteroatoms. The van der Waals surface area contributed by atoms with Crippen molar-refractivity contribution < 1.29 is 0 Å². The maximum Gasteiger partial charge on any atom is 0.181 e. The van der Waals surface area contributed by atoms with Gasteiger partial charge in [0.15, 0.2) is 5.65 Å². The number of hydrogen-bond acceptors (Lipinski definition) is 6. The number of imidazole rings is 1. The molecule has 6 nitrogen and oxygen atoms in total. The Hall–Kier alpha value is -1.73. The second kappa shape index (κ2) is 5.10. The number of aromatic nitrogens is 6. The summed E-state index contributed by atoms with van der Waals surface area (Å²) >= 11 is 7.43. The van der Waals surface area contributed by atoms with Gasteiger partial charge in [-0.3, -0.25) is 0 Å². The van der Waals surface area contributed by atoms with Crippen molar-refractivity contribution in [1.29, 1.82) is 0 Å². The maximum atomic E-state index is 5.91. The van der Waals surface area contributed by atoms with Crippen LogP contribution in [0.4, 0.5) is 0 Å². The summed E-state index contributed by atoms with van der Waals surface area (Å²) in [5, 5.41) is 1.28.